The Kier molecular flexibility index (Phi) is 4.37. The molecule has 5 heteroatoms. The van der Waals surface area contributed by atoms with Crippen LogP contribution in [-0.4, -0.2) is 35.2 Å². The van der Waals surface area contributed by atoms with Gasteiger partial charge in [0.05, 0.1) is 25.1 Å². The Hall–Kier alpha value is -2.06. The van der Waals surface area contributed by atoms with Gasteiger partial charge in [-0.1, -0.05) is 12.1 Å². The molecule has 2 rings (SSSR count). The van der Waals surface area contributed by atoms with Crippen molar-refractivity contribution in [3.8, 4) is 6.07 Å². The fourth-order valence-corrected chi connectivity index (χ4v) is 2.29. The van der Waals surface area contributed by atoms with Crippen molar-refractivity contribution in [3.05, 3.63) is 29.8 Å². The summed E-state index contributed by atoms with van der Waals surface area (Å²) in [5.74, 6) is 0. The number of urea groups is 1. The minimum absolute atomic E-state index is 0.00846. The Morgan fingerprint density at radius 1 is 1.47 bits per heavy atom. The summed E-state index contributed by atoms with van der Waals surface area (Å²) in [4.78, 5) is 13.7. The van der Waals surface area contributed by atoms with E-state index in [2.05, 4.69) is 11.4 Å². The Labute approximate surface area is 112 Å². The SMILES string of the molecule is N#CCc1ccc(NC(=O)N2CCC[C@H]2CO)cc1. The molecule has 1 aliphatic rings. The van der Waals surface area contributed by atoms with E-state index in [1.165, 1.54) is 0 Å². The molecule has 0 aromatic heterocycles. The second kappa shape index (κ2) is 6.21. The summed E-state index contributed by atoms with van der Waals surface area (Å²) in [6.07, 6.45) is 2.15. The predicted molar refractivity (Wildman–Crippen MR) is 71.6 cm³/mol. The van der Waals surface area contributed by atoms with Crippen LogP contribution < -0.4 is 5.32 Å². The van der Waals surface area contributed by atoms with Crippen molar-refractivity contribution in [2.45, 2.75) is 25.3 Å². The number of carbonyl (C=O) groups excluding carboxylic acids is 1. The van der Waals surface area contributed by atoms with Gasteiger partial charge in [0.15, 0.2) is 0 Å². The van der Waals surface area contributed by atoms with Crippen LogP contribution in [0.2, 0.25) is 0 Å². The molecule has 100 valence electrons. The molecule has 0 radical (unpaired) electrons. The van der Waals surface area contributed by atoms with E-state index in [0.29, 0.717) is 18.7 Å². The number of carbonyl (C=O) groups is 1. The van der Waals surface area contributed by atoms with Gasteiger partial charge in [0.2, 0.25) is 0 Å². The molecule has 1 saturated heterocycles. The number of nitrogens with one attached hydrogen (secondary N) is 1. The highest BCUT2D eigenvalue weighted by Crippen LogP contribution is 2.18. The standard InChI is InChI=1S/C14H17N3O2/c15-8-7-11-3-5-12(6-4-11)16-14(19)17-9-1-2-13(17)10-18/h3-6,13,18H,1-2,7,9-10H2,(H,16,19)/t13-/m0/s1. The number of nitriles is 1. The maximum atomic E-state index is 12.0. The van der Waals surface area contributed by atoms with Crippen LogP contribution in [-0.2, 0) is 6.42 Å². The summed E-state index contributed by atoms with van der Waals surface area (Å²) in [6.45, 7) is 0.693. The Balaban J connectivity index is 1.97. The molecule has 2 amide bonds. The molecule has 0 spiro atoms. The third-order valence-corrected chi connectivity index (χ3v) is 3.34. The first-order valence-corrected chi connectivity index (χ1v) is 6.39. The molecule has 1 aromatic rings. The summed E-state index contributed by atoms with van der Waals surface area (Å²) in [7, 11) is 0. The van der Waals surface area contributed by atoms with Gasteiger partial charge in [-0.25, -0.2) is 4.79 Å². The van der Waals surface area contributed by atoms with Gasteiger partial charge >= 0.3 is 6.03 Å². The molecule has 1 aliphatic heterocycles. The number of nitrogens with zero attached hydrogens (tertiary/aromatic N) is 2. The molecule has 1 heterocycles. The van der Waals surface area contributed by atoms with Crippen LogP contribution in [0, 0.1) is 11.3 Å². The van der Waals surface area contributed by atoms with E-state index in [1.807, 2.05) is 12.1 Å². The van der Waals surface area contributed by atoms with E-state index in [1.54, 1.807) is 17.0 Å². The van der Waals surface area contributed by atoms with Gasteiger partial charge in [0.1, 0.15) is 0 Å². The molecule has 1 fully saturated rings. The molecule has 0 unspecified atom stereocenters. The van der Waals surface area contributed by atoms with Gasteiger partial charge in [0.25, 0.3) is 0 Å². The molecule has 19 heavy (non-hydrogen) atoms. The molecule has 1 atom stereocenters. The summed E-state index contributed by atoms with van der Waals surface area (Å²) in [6, 6.07) is 9.06. The molecular formula is C14H17N3O2. The molecular weight excluding hydrogens is 242 g/mol. The molecule has 1 aromatic carbocycles. The maximum Gasteiger partial charge on any atom is 0.322 e. The lowest BCUT2D eigenvalue weighted by atomic mass is 10.1. The molecule has 5 nitrogen and oxygen atoms in total. The number of hydrogen-bond acceptors (Lipinski definition) is 3. The zero-order chi connectivity index (χ0) is 13.7. The Bertz CT molecular complexity index is 478. The van der Waals surface area contributed by atoms with Crippen LogP contribution in [0.3, 0.4) is 0 Å². The van der Waals surface area contributed by atoms with Gasteiger partial charge in [0, 0.05) is 12.2 Å². The van der Waals surface area contributed by atoms with Crippen molar-refractivity contribution in [3.63, 3.8) is 0 Å². The quantitative estimate of drug-likeness (QED) is 0.868. The Morgan fingerprint density at radius 2 is 2.21 bits per heavy atom. The zero-order valence-electron chi connectivity index (χ0n) is 10.7. The number of hydrogen-bond donors (Lipinski definition) is 2. The summed E-state index contributed by atoms with van der Waals surface area (Å²) in [5, 5.41) is 20.6. The van der Waals surface area contributed by atoms with Gasteiger partial charge < -0.3 is 15.3 Å². The van der Waals surface area contributed by atoms with E-state index in [9.17, 15) is 9.90 Å². The fourth-order valence-electron chi connectivity index (χ4n) is 2.29. The van der Waals surface area contributed by atoms with Crippen molar-refractivity contribution < 1.29 is 9.90 Å². The van der Waals surface area contributed by atoms with E-state index in [0.717, 1.165) is 18.4 Å². The predicted octanol–water partition coefficient (Wildman–Crippen LogP) is 1.74. The zero-order valence-corrected chi connectivity index (χ0v) is 10.7. The minimum Gasteiger partial charge on any atom is -0.394 e. The Morgan fingerprint density at radius 3 is 2.84 bits per heavy atom. The van der Waals surface area contributed by atoms with Crippen LogP contribution >= 0.6 is 0 Å². The van der Waals surface area contributed by atoms with Crippen LogP contribution in [0.1, 0.15) is 18.4 Å². The van der Waals surface area contributed by atoms with Crippen molar-refractivity contribution in [1.82, 2.24) is 4.90 Å². The van der Waals surface area contributed by atoms with Crippen molar-refractivity contribution in [2.24, 2.45) is 0 Å². The lowest BCUT2D eigenvalue weighted by molar-refractivity contribution is 0.166. The first-order chi connectivity index (χ1) is 9.24. The summed E-state index contributed by atoms with van der Waals surface area (Å²) >= 11 is 0. The topological polar surface area (TPSA) is 76.4 Å². The smallest absolute Gasteiger partial charge is 0.322 e. The van der Waals surface area contributed by atoms with E-state index >= 15 is 0 Å². The monoisotopic (exact) mass is 259 g/mol. The minimum atomic E-state index is -0.176. The van der Waals surface area contributed by atoms with Crippen molar-refractivity contribution >= 4 is 11.7 Å². The molecule has 0 saturated carbocycles. The van der Waals surface area contributed by atoms with Gasteiger partial charge in [-0.15, -0.1) is 0 Å². The van der Waals surface area contributed by atoms with Crippen molar-refractivity contribution in [2.75, 3.05) is 18.5 Å². The van der Waals surface area contributed by atoms with Crippen LogP contribution in [0.4, 0.5) is 10.5 Å². The van der Waals surface area contributed by atoms with Gasteiger partial charge in [-0.05, 0) is 30.5 Å². The lowest BCUT2D eigenvalue weighted by Gasteiger charge is -2.23. The van der Waals surface area contributed by atoms with Gasteiger partial charge in [-0.2, -0.15) is 5.26 Å². The van der Waals surface area contributed by atoms with Crippen LogP contribution in [0.25, 0.3) is 0 Å². The highest BCUT2D eigenvalue weighted by atomic mass is 16.3. The average molecular weight is 259 g/mol. The van der Waals surface area contributed by atoms with Crippen LogP contribution in [0.5, 0.6) is 0 Å². The third kappa shape index (κ3) is 3.24. The maximum absolute atomic E-state index is 12.0. The number of anilines is 1. The normalized spacial score (nSPS) is 18.1. The number of benzene rings is 1. The van der Waals surface area contributed by atoms with E-state index < -0.39 is 0 Å². The van der Waals surface area contributed by atoms with Gasteiger partial charge in [-0.3, -0.25) is 0 Å². The van der Waals surface area contributed by atoms with Crippen molar-refractivity contribution in [1.29, 1.82) is 5.26 Å². The highest BCUT2D eigenvalue weighted by Gasteiger charge is 2.27. The number of amides is 2. The first kappa shape index (κ1) is 13.4. The number of aliphatic hydroxyl groups is 1. The number of aliphatic hydroxyl groups excluding tert-OH is 1. The summed E-state index contributed by atoms with van der Waals surface area (Å²) < 4.78 is 0. The third-order valence-electron chi connectivity index (χ3n) is 3.34. The molecule has 0 aliphatic carbocycles. The average Bonchev–Trinajstić information content (AvgIpc) is 2.90. The first-order valence-electron chi connectivity index (χ1n) is 6.39. The van der Waals surface area contributed by atoms with E-state index in [4.69, 9.17) is 5.26 Å². The summed E-state index contributed by atoms with van der Waals surface area (Å²) in [5.41, 5.74) is 1.63. The van der Waals surface area contributed by atoms with E-state index in [-0.39, 0.29) is 18.7 Å². The largest absolute Gasteiger partial charge is 0.394 e. The molecule has 2 N–H and O–H groups in total. The second-order valence-electron chi connectivity index (χ2n) is 4.63. The lowest BCUT2D eigenvalue weighted by Crippen LogP contribution is -2.40. The highest BCUT2D eigenvalue weighted by molar-refractivity contribution is 5.89. The fraction of sp³-hybridized carbons (Fsp3) is 0.429. The number of likely N-dealkylation sites (tertiary alicyclic amines) is 1. The van der Waals surface area contributed by atoms with Crippen LogP contribution in [0.15, 0.2) is 24.3 Å². The molecule has 0 bridgehead atoms. The number of rotatable bonds is 3. The second-order valence-corrected chi connectivity index (χ2v) is 4.63.